The maximum atomic E-state index is 12.5. The lowest BCUT2D eigenvalue weighted by molar-refractivity contribution is -0.140. The molecular formula is C14H19N3O3. The molecule has 0 radical (unpaired) electrons. The van der Waals surface area contributed by atoms with Crippen molar-refractivity contribution in [2.24, 2.45) is 0 Å². The molecule has 20 heavy (non-hydrogen) atoms. The van der Waals surface area contributed by atoms with Crippen LogP contribution in [0.2, 0.25) is 0 Å². The number of carboxylic acid groups (broad SMARTS) is 1. The van der Waals surface area contributed by atoms with Gasteiger partial charge in [0.05, 0.1) is 18.2 Å². The number of rotatable bonds is 4. The zero-order valence-corrected chi connectivity index (χ0v) is 11.6. The molecule has 1 aromatic rings. The summed E-state index contributed by atoms with van der Waals surface area (Å²) in [5, 5.41) is 9.17. The van der Waals surface area contributed by atoms with Crippen molar-refractivity contribution < 1.29 is 14.7 Å². The van der Waals surface area contributed by atoms with Crippen LogP contribution in [-0.4, -0.2) is 44.4 Å². The molecule has 1 heterocycles. The van der Waals surface area contributed by atoms with Crippen molar-refractivity contribution in [3.8, 4) is 0 Å². The first-order valence-electron chi connectivity index (χ1n) is 6.81. The van der Waals surface area contributed by atoms with E-state index in [4.69, 9.17) is 5.11 Å². The third kappa shape index (κ3) is 2.95. The van der Waals surface area contributed by atoms with E-state index < -0.39 is 11.5 Å². The number of aliphatic carboxylic acids is 1. The summed E-state index contributed by atoms with van der Waals surface area (Å²) in [6, 6.07) is 0. The van der Waals surface area contributed by atoms with Crippen molar-refractivity contribution in [1.82, 2.24) is 14.9 Å². The van der Waals surface area contributed by atoms with E-state index >= 15 is 0 Å². The van der Waals surface area contributed by atoms with E-state index in [1.165, 1.54) is 18.6 Å². The number of carbonyl (C=O) groups excluding carboxylic acids is 1. The van der Waals surface area contributed by atoms with Gasteiger partial charge in [-0.2, -0.15) is 0 Å². The molecule has 108 valence electrons. The Morgan fingerprint density at radius 1 is 1.30 bits per heavy atom. The van der Waals surface area contributed by atoms with E-state index in [0.717, 1.165) is 32.1 Å². The summed E-state index contributed by atoms with van der Waals surface area (Å²) >= 11 is 0. The van der Waals surface area contributed by atoms with Gasteiger partial charge in [0.1, 0.15) is 5.69 Å². The molecule has 2 rings (SSSR count). The first kappa shape index (κ1) is 14.4. The summed E-state index contributed by atoms with van der Waals surface area (Å²) in [6.07, 6.45) is 8.80. The Morgan fingerprint density at radius 2 is 2.00 bits per heavy atom. The number of carbonyl (C=O) groups is 2. The number of carboxylic acids is 1. The quantitative estimate of drug-likeness (QED) is 0.906. The molecule has 1 saturated carbocycles. The summed E-state index contributed by atoms with van der Waals surface area (Å²) < 4.78 is 0. The lowest BCUT2D eigenvalue weighted by Crippen LogP contribution is -2.52. The van der Waals surface area contributed by atoms with Crippen LogP contribution in [-0.2, 0) is 4.79 Å². The van der Waals surface area contributed by atoms with Gasteiger partial charge in [-0.05, 0) is 12.8 Å². The van der Waals surface area contributed by atoms with Crippen molar-refractivity contribution in [2.75, 3.05) is 7.05 Å². The van der Waals surface area contributed by atoms with Crippen LogP contribution in [0.1, 0.15) is 49.0 Å². The van der Waals surface area contributed by atoms with Crippen LogP contribution in [0.5, 0.6) is 0 Å². The molecule has 1 amide bonds. The standard InChI is InChI=1S/C14H19N3O3/c1-17(13(20)11-10-15-7-8-16-11)14(9-12(18)19)5-3-2-4-6-14/h7-8,10H,2-6,9H2,1H3,(H,18,19). The Balaban J connectivity index is 2.24. The van der Waals surface area contributed by atoms with Crippen LogP contribution in [0.15, 0.2) is 18.6 Å². The average molecular weight is 277 g/mol. The second-order valence-electron chi connectivity index (χ2n) is 5.31. The van der Waals surface area contributed by atoms with Gasteiger partial charge in [-0.3, -0.25) is 14.6 Å². The van der Waals surface area contributed by atoms with Gasteiger partial charge < -0.3 is 10.0 Å². The third-order valence-corrected chi connectivity index (χ3v) is 4.06. The zero-order chi connectivity index (χ0) is 14.6. The van der Waals surface area contributed by atoms with Gasteiger partial charge in [0, 0.05) is 19.4 Å². The molecule has 1 aliphatic carbocycles. The highest BCUT2D eigenvalue weighted by atomic mass is 16.4. The van der Waals surface area contributed by atoms with Crippen molar-refractivity contribution in [3.05, 3.63) is 24.3 Å². The minimum atomic E-state index is -0.870. The van der Waals surface area contributed by atoms with E-state index in [1.807, 2.05) is 0 Å². The van der Waals surface area contributed by atoms with Crippen molar-refractivity contribution in [1.29, 1.82) is 0 Å². The van der Waals surface area contributed by atoms with Gasteiger partial charge in [0.25, 0.3) is 5.91 Å². The fraction of sp³-hybridized carbons (Fsp3) is 0.571. The summed E-state index contributed by atoms with van der Waals surface area (Å²) in [5.74, 6) is -1.13. The summed E-state index contributed by atoms with van der Waals surface area (Å²) in [7, 11) is 1.67. The molecule has 0 aliphatic heterocycles. The van der Waals surface area contributed by atoms with Crippen LogP contribution in [0.3, 0.4) is 0 Å². The van der Waals surface area contributed by atoms with E-state index in [0.29, 0.717) is 0 Å². The Bertz CT molecular complexity index is 484. The third-order valence-electron chi connectivity index (χ3n) is 4.06. The van der Waals surface area contributed by atoms with Crippen LogP contribution in [0.4, 0.5) is 0 Å². The van der Waals surface area contributed by atoms with Gasteiger partial charge in [0.15, 0.2) is 0 Å². The fourth-order valence-electron chi connectivity index (χ4n) is 2.92. The van der Waals surface area contributed by atoms with Gasteiger partial charge in [-0.15, -0.1) is 0 Å². The van der Waals surface area contributed by atoms with Crippen molar-refractivity contribution in [3.63, 3.8) is 0 Å². The highest BCUT2D eigenvalue weighted by Crippen LogP contribution is 2.36. The fourth-order valence-corrected chi connectivity index (χ4v) is 2.92. The normalized spacial score (nSPS) is 17.4. The van der Waals surface area contributed by atoms with Crippen LogP contribution >= 0.6 is 0 Å². The lowest BCUT2D eigenvalue weighted by atomic mass is 9.78. The molecule has 0 unspecified atom stereocenters. The van der Waals surface area contributed by atoms with Crippen molar-refractivity contribution in [2.45, 2.75) is 44.1 Å². The number of amides is 1. The highest BCUT2D eigenvalue weighted by molar-refractivity contribution is 5.92. The highest BCUT2D eigenvalue weighted by Gasteiger charge is 2.41. The Hall–Kier alpha value is -1.98. The smallest absolute Gasteiger partial charge is 0.305 e. The first-order valence-corrected chi connectivity index (χ1v) is 6.81. The summed E-state index contributed by atoms with van der Waals surface area (Å²) in [4.78, 5) is 33.1. The van der Waals surface area contributed by atoms with E-state index in [-0.39, 0.29) is 18.0 Å². The van der Waals surface area contributed by atoms with Gasteiger partial charge in [-0.1, -0.05) is 19.3 Å². The molecule has 0 spiro atoms. The van der Waals surface area contributed by atoms with E-state index in [2.05, 4.69) is 9.97 Å². The van der Waals surface area contributed by atoms with Gasteiger partial charge >= 0.3 is 5.97 Å². The van der Waals surface area contributed by atoms with Gasteiger partial charge in [0.2, 0.25) is 0 Å². The second-order valence-corrected chi connectivity index (χ2v) is 5.31. The van der Waals surface area contributed by atoms with E-state index in [1.54, 1.807) is 11.9 Å². The molecule has 1 aromatic heterocycles. The van der Waals surface area contributed by atoms with Gasteiger partial charge in [-0.25, -0.2) is 4.98 Å². The topological polar surface area (TPSA) is 83.4 Å². The molecule has 0 atom stereocenters. The summed E-state index contributed by atoms with van der Waals surface area (Å²) in [6.45, 7) is 0. The Labute approximate surface area is 117 Å². The van der Waals surface area contributed by atoms with Crippen LogP contribution in [0.25, 0.3) is 0 Å². The lowest BCUT2D eigenvalue weighted by Gasteiger charge is -2.43. The van der Waals surface area contributed by atoms with Crippen LogP contribution < -0.4 is 0 Å². The minimum Gasteiger partial charge on any atom is -0.481 e. The van der Waals surface area contributed by atoms with Crippen molar-refractivity contribution >= 4 is 11.9 Å². The number of hydrogen-bond donors (Lipinski definition) is 1. The molecule has 0 saturated heterocycles. The molecule has 6 nitrogen and oxygen atoms in total. The monoisotopic (exact) mass is 277 g/mol. The maximum absolute atomic E-state index is 12.5. The van der Waals surface area contributed by atoms with Crippen LogP contribution in [0, 0.1) is 0 Å². The predicted molar refractivity (Wildman–Crippen MR) is 72.2 cm³/mol. The first-order chi connectivity index (χ1) is 9.55. The average Bonchev–Trinajstić information content (AvgIpc) is 2.47. The zero-order valence-electron chi connectivity index (χ0n) is 11.6. The molecular weight excluding hydrogens is 258 g/mol. The largest absolute Gasteiger partial charge is 0.481 e. The molecule has 1 fully saturated rings. The predicted octanol–water partition coefficient (Wildman–Crippen LogP) is 1.73. The van der Waals surface area contributed by atoms with E-state index in [9.17, 15) is 9.59 Å². The Kier molecular flexibility index (Phi) is 4.32. The number of aromatic nitrogens is 2. The SMILES string of the molecule is CN(C(=O)c1cnccn1)C1(CC(=O)O)CCCCC1. The molecule has 0 aromatic carbocycles. The molecule has 0 bridgehead atoms. The number of hydrogen-bond acceptors (Lipinski definition) is 4. The second kappa shape index (κ2) is 5.98. The number of nitrogens with zero attached hydrogens (tertiary/aromatic N) is 3. The Morgan fingerprint density at radius 3 is 2.55 bits per heavy atom. The molecule has 1 aliphatic rings. The summed E-state index contributed by atoms with van der Waals surface area (Å²) in [5.41, 5.74) is -0.344. The molecule has 1 N–H and O–H groups in total. The maximum Gasteiger partial charge on any atom is 0.305 e. The molecule has 6 heteroatoms. The minimum absolute atomic E-state index is 0.0184.